The minimum atomic E-state index is -0.0319. The second-order valence-electron chi connectivity index (χ2n) is 4.60. The molecule has 0 aromatic heterocycles. The molecule has 1 fully saturated rings. The first-order valence-corrected chi connectivity index (χ1v) is 6.62. The van der Waals surface area contributed by atoms with Gasteiger partial charge in [0.1, 0.15) is 0 Å². The van der Waals surface area contributed by atoms with Gasteiger partial charge < -0.3 is 9.64 Å². The summed E-state index contributed by atoms with van der Waals surface area (Å²) in [5.41, 5.74) is 0.561. The van der Waals surface area contributed by atoms with E-state index in [1.807, 2.05) is 13.8 Å². The number of ether oxygens (including phenoxy) is 1. The van der Waals surface area contributed by atoms with Gasteiger partial charge in [0.15, 0.2) is 0 Å². The first kappa shape index (κ1) is 13.7. The number of benzene rings is 1. The molecule has 2 atom stereocenters. The van der Waals surface area contributed by atoms with Crippen LogP contribution in [0.3, 0.4) is 0 Å². The molecule has 1 aliphatic heterocycles. The number of morpholine rings is 1. The maximum Gasteiger partial charge on any atom is 0.254 e. The summed E-state index contributed by atoms with van der Waals surface area (Å²) in [6.07, 6.45) is 0.112. The van der Waals surface area contributed by atoms with E-state index in [2.05, 4.69) is 0 Å². The van der Waals surface area contributed by atoms with Crippen LogP contribution in [0, 0.1) is 0 Å². The highest BCUT2D eigenvalue weighted by molar-refractivity contribution is 6.42. The Bertz CT molecular complexity index is 454. The average molecular weight is 288 g/mol. The highest BCUT2D eigenvalue weighted by atomic mass is 35.5. The molecule has 18 heavy (non-hydrogen) atoms. The Balaban J connectivity index is 2.17. The fraction of sp³-hybridized carbons (Fsp3) is 0.462. The Morgan fingerprint density at radius 2 is 1.83 bits per heavy atom. The molecule has 0 aliphatic carbocycles. The predicted octanol–water partition coefficient (Wildman–Crippen LogP) is 3.24. The van der Waals surface area contributed by atoms with Crippen LogP contribution in [-0.4, -0.2) is 36.1 Å². The van der Waals surface area contributed by atoms with Crippen molar-refractivity contribution in [3.8, 4) is 0 Å². The van der Waals surface area contributed by atoms with E-state index in [1.165, 1.54) is 0 Å². The van der Waals surface area contributed by atoms with E-state index in [1.54, 1.807) is 23.1 Å². The van der Waals surface area contributed by atoms with Gasteiger partial charge in [0.25, 0.3) is 5.91 Å². The Morgan fingerprint density at radius 1 is 1.22 bits per heavy atom. The van der Waals surface area contributed by atoms with Crippen LogP contribution in [0.15, 0.2) is 18.2 Å². The number of hydrogen-bond acceptors (Lipinski definition) is 2. The SMILES string of the molecule is C[C@@H]1CN(C(=O)c2ccc(Cl)c(Cl)c2)C[C@H](C)O1. The number of hydrogen-bond donors (Lipinski definition) is 0. The summed E-state index contributed by atoms with van der Waals surface area (Å²) in [5, 5.41) is 0.855. The van der Waals surface area contributed by atoms with Gasteiger partial charge in [-0.1, -0.05) is 23.2 Å². The van der Waals surface area contributed by atoms with Gasteiger partial charge in [-0.15, -0.1) is 0 Å². The summed E-state index contributed by atoms with van der Waals surface area (Å²) in [5.74, 6) is -0.0319. The molecule has 0 unspecified atom stereocenters. The normalized spacial score (nSPS) is 24.1. The van der Waals surface area contributed by atoms with E-state index in [0.29, 0.717) is 28.7 Å². The molecule has 1 aliphatic rings. The van der Waals surface area contributed by atoms with Gasteiger partial charge in [0.2, 0.25) is 0 Å². The number of rotatable bonds is 1. The highest BCUT2D eigenvalue weighted by Crippen LogP contribution is 2.24. The van der Waals surface area contributed by atoms with Crippen LogP contribution >= 0.6 is 23.2 Å². The van der Waals surface area contributed by atoms with Crippen molar-refractivity contribution in [1.82, 2.24) is 4.90 Å². The van der Waals surface area contributed by atoms with Crippen molar-refractivity contribution < 1.29 is 9.53 Å². The van der Waals surface area contributed by atoms with E-state index in [-0.39, 0.29) is 18.1 Å². The van der Waals surface area contributed by atoms with Crippen LogP contribution in [0.2, 0.25) is 10.0 Å². The number of halogens is 2. The van der Waals surface area contributed by atoms with Crippen LogP contribution in [0.5, 0.6) is 0 Å². The van der Waals surface area contributed by atoms with E-state index in [9.17, 15) is 4.79 Å². The van der Waals surface area contributed by atoms with Gasteiger partial charge in [0.05, 0.1) is 22.3 Å². The zero-order valence-corrected chi connectivity index (χ0v) is 11.8. The predicted molar refractivity (Wildman–Crippen MR) is 72.4 cm³/mol. The Labute approximate surface area is 117 Å². The second kappa shape index (κ2) is 5.47. The minimum Gasteiger partial charge on any atom is -0.372 e. The van der Waals surface area contributed by atoms with E-state index < -0.39 is 0 Å². The fourth-order valence-corrected chi connectivity index (χ4v) is 2.45. The van der Waals surface area contributed by atoms with Crippen molar-refractivity contribution in [2.45, 2.75) is 26.1 Å². The molecule has 2 rings (SSSR count). The van der Waals surface area contributed by atoms with Gasteiger partial charge in [-0.05, 0) is 32.0 Å². The third-order valence-corrected chi connectivity index (χ3v) is 3.61. The van der Waals surface area contributed by atoms with E-state index in [0.717, 1.165) is 0 Å². The minimum absolute atomic E-state index is 0.0319. The summed E-state index contributed by atoms with van der Waals surface area (Å²) in [6, 6.07) is 4.95. The molecular weight excluding hydrogens is 273 g/mol. The maximum atomic E-state index is 12.3. The van der Waals surface area contributed by atoms with Gasteiger partial charge >= 0.3 is 0 Å². The number of carbonyl (C=O) groups excluding carboxylic acids is 1. The summed E-state index contributed by atoms with van der Waals surface area (Å²) >= 11 is 11.8. The number of amides is 1. The molecule has 1 aromatic carbocycles. The number of carbonyl (C=O) groups is 1. The standard InChI is InChI=1S/C13H15Cl2NO2/c1-8-6-16(7-9(2)18-8)13(17)10-3-4-11(14)12(15)5-10/h3-5,8-9H,6-7H2,1-2H3/t8-,9+. The summed E-state index contributed by atoms with van der Waals surface area (Å²) in [7, 11) is 0. The molecule has 1 heterocycles. The third-order valence-electron chi connectivity index (χ3n) is 2.87. The van der Waals surface area contributed by atoms with Crippen molar-refractivity contribution in [3.63, 3.8) is 0 Å². The van der Waals surface area contributed by atoms with Gasteiger partial charge in [0, 0.05) is 18.7 Å². The first-order valence-electron chi connectivity index (χ1n) is 5.87. The lowest BCUT2D eigenvalue weighted by molar-refractivity contribution is -0.0586. The molecule has 0 saturated carbocycles. The summed E-state index contributed by atoms with van der Waals surface area (Å²) in [4.78, 5) is 14.1. The molecule has 0 N–H and O–H groups in total. The van der Waals surface area contributed by atoms with Crippen molar-refractivity contribution in [2.24, 2.45) is 0 Å². The van der Waals surface area contributed by atoms with E-state index >= 15 is 0 Å². The maximum absolute atomic E-state index is 12.3. The monoisotopic (exact) mass is 287 g/mol. The quantitative estimate of drug-likeness (QED) is 0.794. The second-order valence-corrected chi connectivity index (χ2v) is 5.41. The molecule has 1 amide bonds. The molecule has 98 valence electrons. The lowest BCUT2D eigenvalue weighted by Gasteiger charge is -2.35. The average Bonchev–Trinajstić information content (AvgIpc) is 2.30. The van der Waals surface area contributed by atoms with Crippen LogP contribution in [0.4, 0.5) is 0 Å². The molecule has 0 radical (unpaired) electrons. The van der Waals surface area contributed by atoms with Gasteiger partial charge in [-0.25, -0.2) is 0 Å². The van der Waals surface area contributed by atoms with Crippen LogP contribution < -0.4 is 0 Å². The van der Waals surface area contributed by atoms with Crippen LogP contribution in [0.1, 0.15) is 24.2 Å². The Kier molecular flexibility index (Phi) is 4.15. The number of nitrogens with zero attached hydrogens (tertiary/aromatic N) is 1. The summed E-state index contributed by atoms with van der Waals surface area (Å²) < 4.78 is 5.60. The Hall–Kier alpha value is -0.770. The molecule has 1 aromatic rings. The first-order chi connectivity index (χ1) is 8.47. The zero-order valence-electron chi connectivity index (χ0n) is 10.3. The van der Waals surface area contributed by atoms with Crippen molar-refractivity contribution >= 4 is 29.1 Å². The largest absolute Gasteiger partial charge is 0.372 e. The smallest absolute Gasteiger partial charge is 0.254 e. The van der Waals surface area contributed by atoms with Gasteiger partial charge in [-0.2, -0.15) is 0 Å². The molecular formula is C13H15Cl2NO2. The van der Waals surface area contributed by atoms with Crippen molar-refractivity contribution in [3.05, 3.63) is 33.8 Å². The Morgan fingerprint density at radius 3 is 2.39 bits per heavy atom. The lowest BCUT2D eigenvalue weighted by Crippen LogP contribution is -2.48. The fourth-order valence-electron chi connectivity index (χ4n) is 2.16. The lowest BCUT2D eigenvalue weighted by atomic mass is 10.1. The molecule has 1 saturated heterocycles. The molecule has 3 nitrogen and oxygen atoms in total. The van der Waals surface area contributed by atoms with Crippen LogP contribution in [-0.2, 0) is 4.74 Å². The zero-order chi connectivity index (χ0) is 13.3. The summed E-state index contributed by atoms with van der Waals surface area (Å²) in [6.45, 7) is 5.13. The topological polar surface area (TPSA) is 29.5 Å². The highest BCUT2D eigenvalue weighted by Gasteiger charge is 2.26. The molecule has 5 heteroatoms. The van der Waals surface area contributed by atoms with Gasteiger partial charge in [-0.3, -0.25) is 4.79 Å². The van der Waals surface area contributed by atoms with Crippen LogP contribution in [0.25, 0.3) is 0 Å². The third kappa shape index (κ3) is 2.97. The van der Waals surface area contributed by atoms with Crippen molar-refractivity contribution in [1.29, 1.82) is 0 Å². The molecule has 0 bridgehead atoms. The van der Waals surface area contributed by atoms with Crippen molar-refractivity contribution in [2.75, 3.05) is 13.1 Å². The molecule has 0 spiro atoms. The van der Waals surface area contributed by atoms with E-state index in [4.69, 9.17) is 27.9 Å².